The van der Waals surface area contributed by atoms with Crippen LogP contribution in [0.15, 0.2) is 30.3 Å². The van der Waals surface area contributed by atoms with Crippen molar-refractivity contribution in [2.45, 2.75) is 0 Å². The van der Waals surface area contributed by atoms with Crippen molar-refractivity contribution in [2.75, 3.05) is 0 Å². The van der Waals surface area contributed by atoms with E-state index in [1.54, 1.807) is 24.3 Å². The average molecular weight is 199 g/mol. The highest BCUT2D eigenvalue weighted by molar-refractivity contribution is 5.80. The molecule has 0 N–H and O–H groups in total. The van der Waals surface area contributed by atoms with Crippen LogP contribution in [0.25, 0.3) is 10.9 Å². The van der Waals surface area contributed by atoms with Crippen LogP contribution in [0, 0.1) is 21.4 Å². The Morgan fingerprint density at radius 2 is 2.13 bits per heavy atom. The molecule has 0 saturated heterocycles. The van der Waals surface area contributed by atoms with Crippen LogP contribution in [0.5, 0.6) is 0 Å². The summed E-state index contributed by atoms with van der Waals surface area (Å²) in [5.41, 5.74) is 1.03. The number of pyridine rings is 1. The van der Waals surface area contributed by atoms with Gasteiger partial charge in [-0.15, -0.1) is 0 Å². The van der Waals surface area contributed by atoms with Crippen LogP contribution in [0.4, 0.5) is 5.82 Å². The van der Waals surface area contributed by atoms with Gasteiger partial charge in [0.25, 0.3) is 0 Å². The van der Waals surface area contributed by atoms with Crippen LogP contribution in [0.3, 0.4) is 0 Å². The van der Waals surface area contributed by atoms with Crippen molar-refractivity contribution >= 4 is 16.7 Å². The number of hydrogen-bond donors (Lipinski definition) is 0. The van der Waals surface area contributed by atoms with E-state index in [0.717, 1.165) is 5.39 Å². The molecule has 1 aromatic heterocycles. The normalized spacial score (nSPS) is 9.80. The zero-order valence-electron chi connectivity index (χ0n) is 7.54. The van der Waals surface area contributed by atoms with Crippen molar-refractivity contribution in [3.05, 3.63) is 46.0 Å². The predicted octanol–water partition coefficient (Wildman–Crippen LogP) is 2.01. The Morgan fingerprint density at radius 3 is 2.80 bits per heavy atom. The minimum atomic E-state index is -0.544. The molecule has 0 aliphatic carbocycles. The number of fused-ring (bicyclic) bond motifs is 1. The molecule has 5 nitrogen and oxygen atoms in total. The fourth-order valence-corrected chi connectivity index (χ4v) is 1.29. The molecule has 0 amide bonds. The van der Waals surface area contributed by atoms with Gasteiger partial charge in [0.2, 0.25) is 0 Å². The molecule has 0 radical (unpaired) electrons. The van der Waals surface area contributed by atoms with Crippen LogP contribution in [0.1, 0.15) is 5.56 Å². The quantitative estimate of drug-likeness (QED) is 0.519. The summed E-state index contributed by atoms with van der Waals surface area (Å²) in [6.07, 6.45) is 0. The third-order valence-corrected chi connectivity index (χ3v) is 1.99. The van der Waals surface area contributed by atoms with Crippen molar-refractivity contribution in [1.82, 2.24) is 4.98 Å². The molecule has 72 valence electrons. The van der Waals surface area contributed by atoms with Gasteiger partial charge in [-0.3, -0.25) is 0 Å². The van der Waals surface area contributed by atoms with E-state index in [2.05, 4.69) is 4.98 Å². The Hall–Kier alpha value is -2.48. The summed E-state index contributed by atoms with van der Waals surface area (Å²) >= 11 is 0. The van der Waals surface area contributed by atoms with E-state index >= 15 is 0 Å². The molecule has 0 aliphatic heterocycles. The fourth-order valence-electron chi connectivity index (χ4n) is 1.29. The van der Waals surface area contributed by atoms with Crippen molar-refractivity contribution in [3.63, 3.8) is 0 Å². The number of nitro groups is 1. The number of aromatic nitrogens is 1. The summed E-state index contributed by atoms with van der Waals surface area (Å²) in [5, 5.41) is 19.8. The second kappa shape index (κ2) is 3.35. The molecular weight excluding hydrogens is 194 g/mol. The van der Waals surface area contributed by atoms with Crippen LogP contribution in [0.2, 0.25) is 0 Å². The summed E-state index contributed by atoms with van der Waals surface area (Å²) in [6.45, 7) is 0. The Kier molecular flexibility index (Phi) is 2.03. The van der Waals surface area contributed by atoms with Crippen LogP contribution in [-0.4, -0.2) is 9.91 Å². The Balaban J connectivity index is 2.66. The van der Waals surface area contributed by atoms with Gasteiger partial charge in [0.1, 0.15) is 0 Å². The highest BCUT2D eigenvalue weighted by Crippen LogP contribution is 2.17. The van der Waals surface area contributed by atoms with Gasteiger partial charge in [0, 0.05) is 11.5 Å². The summed E-state index contributed by atoms with van der Waals surface area (Å²) in [4.78, 5) is 13.8. The van der Waals surface area contributed by atoms with E-state index in [0.29, 0.717) is 11.1 Å². The van der Waals surface area contributed by atoms with Gasteiger partial charge in [0.15, 0.2) is 5.52 Å². The molecule has 0 unspecified atom stereocenters. The second-order valence-electron chi connectivity index (χ2n) is 2.95. The number of nitriles is 1. The summed E-state index contributed by atoms with van der Waals surface area (Å²) in [7, 11) is 0. The van der Waals surface area contributed by atoms with E-state index in [1.165, 1.54) is 6.07 Å². The third-order valence-electron chi connectivity index (χ3n) is 1.99. The minimum absolute atomic E-state index is 0.188. The summed E-state index contributed by atoms with van der Waals surface area (Å²) in [5.74, 6) is -0.188. The van der Waals surface area contributed by atoms with Gasteiger partial charge in [-0.05, 0) is 34.2 Å². The van der Waals surface area contributed by atoms with Gasteiger partial charge < -0.3 is 10.1 Å². The van der Waals surface area contributed by atoms with Crippen LogP contribution < -0.4 is 0 Å². The van der Waals surface area contributed by atoms with Crippen LogP contribution >= 0.6 is 0 Å². The highest BCUT2D eigenvalue weighted by Gasteiger charge is 2.09. The van der Waals surface area contributed by atoms with Crippen molar-refractivity contribution in [1.29, 1.82) is 5.26 Å². The molecule has 5 heteroatoms. The molecule has 0 saturated carbocycles. The number of hydrogen-bond acceptors (Lipinski definition) is 4. The molecule has 15 heavy (non-hydrogen) atoms. The molecule has 0 fully saturated rings. The first-order chi connectivity index (χ1) is 7.20. The van der Waals surface area contributed by atoms with Crippen molar-refractivity contribution in [2.24, 2.45) is 0 Å². The first kappa shape index (κ1) is 9.09. The van der Waals surface area contributed by atoms with Gasteiger partial charge in [-0.25, -0.2) is 0 Å². The second-order valence-corrected chi connectivity index (χ2v) is 2.95. The molecule has 0 atom stereocenters. The molecule has 1 heterocycles. The Morgan fingerprint density at radius 1 is 1.33 bits per heavy atom. The largest absolute Gasteiger partial charge is 0.364 e. The molecular formula is C10H5N3O2. The molecule has 2 aromatic rings. The monoisotopic (exact) mass is 199 g/mol. The van der Waals surface area contributed by atoms with E-state index in [1.807, 2.05) is 6.07 Å². The molecule has 0 bridgehead atoms. The molecule has 0 aliphatic rings. The minimum Gasteiger partial charge on any atom is -0.358 e. The zero-order chi connectivity index (χ0) is 10.8. The maximum absolute atomic E-state index is 10.5. The zero-order valence-corrected chi connectivity index (χ0v) is 7.54. The third kappa shape index (κ3) is 1.60. The van der Waals surface area contributed by atoms with Crippen molar-refractivity contribution < 1.29 is 4.92 Å². The highest BCUT2D eigenvalue weighted by atomic mass is 16.6. The van der Waals surface area contributed by atoms with E-state index in [-0.39, 0.29) is 5.82 Å². The van der Waals surface area contributed by atoms with Gasteiger partial charge in [-0.2, -0.15) is 5.26 Å². The first-order valence-corrected chi connectivity index (χ1v) is 4.16. The van der Waals surface area contributed by atoms with Crippen LogP contribution in [-0.2, 0) is 0 Å². The predicted molar refractivity (Wildman–Crippen MR) is 53.1 cm³/mol. The number of nitrogens with zero attached hydrogens (tertiary/aromatic N) is 3. The lowest BCUT2D eigenvalue weighted by Gasteiger charge is -1.95. The Labute approximate surface area is 84.7 Å². The Bertz CT molecular complexity index is 587. The van der Waals surface area contributed by atoms with Gasteiger partial charge in [0.05, 0.1) is 11.6 Å². The summed E-state index contributed by atoms with van der Waals surface area (Å²) < 4.78 is 0. The standard InChI is InChI=1S/C10H5N3O2/c11-6-7-1-3-9-8(5-7)2-4-10(12-9)13(14)15/h1-5H. The van der Waals surface area contributed by atoms with E-state index in [9.17, 15) is 10.1 Å². The molecule has 2 rings (SSSR count). The average Bonchev–Trinajstić information content (AvgIpc) is 2.27. The smallest absolute Gasteiger partial charge is 0.358 e. The SMILES string of the molecule is N#Cc1ccc2nc([N+](=O)[O-])ccc2c1. The number of rotatable bonds is 1. The number of benzene rings is 1. The van der Waals surface area contributed by atoms with Gasteiger partial charge >= 0.3 is 5.82 Å². The lowest BCUT2D eigenvalue weighted by atomic mass is 10.1. The maximum Gasteiger partial charge on any atom is 0.364 e. The lowest BCUT2D eigenvalue weighted by molar-refractivity contribution is -0.389. The fraction of sp³-hybridized carbons (Fsp3) is 0. The van der Waals surface area contributed by atoms with E-state index in [4.69, 9.17) is 5.26 Å². The maximum atomic E-state index is 10.5. The lowest BCUT2D eigenvalue weighted by Crippen LogP contribution is -1.91. The summed E-state index contributed by atoms with van der Waals surface area (Å²) in [6, 6.07) is 9.73. The topological polar surface area (TPSA) is 79.8 Å². The molecule has 1 aromatic carbocycles. The van der Waals surface area contributed by atoms with E-state index < -0.39 is 4.92 Å². The first-order valence-electron chi connectivity index (χ1n) is 4.16. The molecule has 0 spiro atoms. The van der Waals surface area contributed by atoms with Gasteiger partial charge in [-0.1, -0.05) is 0 Å². The van der Waals surface area contributed by atoms with Crippen molar-refractivity contribution in [3.8, 4) is 6.07 Å².